The maximum Gasteiger partial charge on any atom is 0.284 e. The van der Waals surface area contributed by atoms with Gasteiger partial charge in [0.05, 0.1) is 17.6 Å². The number of amides is 4. The van der Waals surface area contributed by atoms with E-state index in [1.807, 2.05) is 19.1 Å². The topological polar surface area (TPSA) is 171 Å². The first-order chi connectivity index (χ1) is 31.0. The number of likely N-dealkylation sites (tertiary alicyclic amines) is 1. The van der Waals surface area contributed by atoms with Gasteiger partial charge in [-0.1, -0.05) is 12.1 Å². The number of aromatic nitrogens is 4. The Labute approximate surface area is 371 Å². The molecule has 3 aliphatic heterocycles. The fraction of sp³-hybridized carbons (Fsp3) is 0.553. The summed E-state index contributed by atoms with van der Waals surface area (Å²) in [6.45, 7) is 7.72. The zero-order valence-electron chi connectivity index (χ0n) is 36.6. The number of oxazole rings is 1. The molecular weight excluding hydrogens is 823 g/mol. The second-order valence-corrected chi connectivity index (χ2v) is 18.5. The number of pyridine rings is 1. The summed E-state index contributed by atoms with van der Waals surface area (Å²) in [5.74, 6) is 0.699. The molecule has 2 saturated carbocycles. The minimum atomic E-state index is -2.86. The third-order valence-corrected chi connectivity index (χ3v) is 14.0. The quantitative estimate of drug-likeness (QED) is 0.0979. The van der Waals surface area contributed by atoms with E-state index in [2.05, 4.69) is 53.9 Å². The molecule has 64 heavy (non-hydrogen) atoms. The maximum atomic E-state index is 14.2. The van der Waals surface area contributed by atoms with Crippen molar-refractivity contribution in [3.05, 3.63) is 71.5 Å². The van der Waals surface area contributed by atoms with E-state index in [0.717, 1.165) is 95.5 Å². The Hall–Kier alpha value is -5.55. The van der Waals surface area contributed by atoms with Gasteiger partial charge in [-0.2, -0.15) is 5.10 Å². The smallest absolute Gasteiger partial charge is 0.284 e. The highest BCUT2D eigenvalue weighted by Crippen LogP contribution is 2.45. The molecule has 0 bridgehead atoms. The normalized spacial score (nSPS) is 23.2. The summed E-state index contributed by atoms with van der Waals surface area (Å²) in [5, 5.41) is 12.6. The number of hydrogen-bond acceptors (Lipinski definition) is 11. The molecule has 3 aromatic heterocycles. The number of piperidine rings is 2. The number of hydrogen-bond donors (Lipinski definition) is 3. The molecule has 17 heteroatoms. The second-order valence-electron chi connectivity index (χ2n) is 18.5. The third-order valence-electron chi connectivity index (χ3n) is 14.0. The van der Waals surface area contributed by atoms with Crippen LogP contribution in [0.2, 0.25) is 0 Å². The first kappa shape index (κ1) is 43.7. The van der Waals surface area contributed by atoms with E-state index in [4.69, 9.17) is 4.42 Å². The average molecular weight is 881 g/mol. The van der Waals surface area contributed by atoms with Gasteiger partial charge in [-0.05, 0) is 151 Å². The van der Waals surface area contributed by atoms with Crippen molar-refractivity contribution < 1.29 is 32.4 Å². The van der Waals surface area contributed by atoms with Crippen molar-refractivity contribution in [3.8, 4) is 11.5 Å². The van der Waals surface area contributed by atoms with Crippen molar-refractivity contribution in [2.45, 2.75) is 108 Å². The van der Waals surface area contributed by atoms with Gasteiger partial charge in [-0.25, -0.2) is 18.7 Å². The molecule has 0 spiro atoms. The van der Waals surface area contributed by atoms with Crippen molar-refractivity contribution >= 4 is 40.8 Å². The van der Waals surface area contributed by atoms with Crippen LogP contribution in [-0.2, 0) is 14.4 Å². The van der Waals surface area contributed by atoms with Gasteiger partial charge in [0, 0.05) is 43.2 Å². The van der Waals surface area contributed by atoms with Gasteiger partial charge >= 0.3 is 0 Å². The van der Waals surface area contributed by atoms with E-state index in [9.17, 15) is 28.0 Å². The van der Waals surface area contributed by atoms with Crippen molar-refractivity contribution in [1.29, 1.82) is 0 Å². The maximum absolute atomic E-state index is 14.2. The molecule has 0 radical (unpaired) electrons. The average Bonchev–Trinajstić information content (AvgIpc) is 3.70. The van der Waals surface area contributed by atoms with Gasteiger partial charge in [-0.3, -0.25) is 34.1 Å². The predicted octanol–water partition coefficient (Wildman–Crippen LogP) is 7.13. The molecule has 1 aromatic carbocycles. The second kappa shape index (κ2) is 18.9. The number of anilines is 3. The van der Waals surface area contributed by atoms with E-state index in [0.29, 0.717) is 35.6 Å². The van der Waals surface area contributed by atoms with E-state index < -0.39 is 30.0 Å². The number of nitrogens with zero attached hydrogens (tertiary/aromatic N) is 7. The number of alkyl halides is 2. The lowest BCUT2D eigenvalue weighted by Gasteiger charge is -2.34. The van der Waals surface area contributed by atoms with Crippen LogP contribution in [0.3, 0.4) is 0 Å². The summed E-state index contributed by atoms with van der Waals surface area (Å²) >= 11 is 0. The van der Waals surface area contributed by atoms with Crippen LogP contribution < -0.4 is 20.9 Å². The van der Waals surface area contributed by atoms with E-state index >= 15 is 0 Å². The summed E-state index contributed by atoms with van der Waals surface area (Å²) in [6.07, 6.45) is 11.1. The molecule has 6 heterocycles. The molecule has 2 unspecified atom stereocenters. The van der Waals surface area contributed by atoms with Crippen molar-refractivity contribution in [1.82, 2.24) is 34.9 Å². The highest BCUT2D eigenvalue weighted by molar-refractivity contribution is 6.12. The summed E-state index contributed by atoms with van der Waals surface area (Å²) in [7, 11) is 2.17. The predicted molar refractivity (Wildman–Crippen MR) is 236 cm³/mol. The monoisotopic (exact) mass is 880 g/mol. The molecule has 2 saturated heterocycles. The molecule has 15 nitrogen and oxygen atoms in total. The minimum Gasteiger partial charge on any atom is -0.444 e. The van der Waals surface area contributed by atoms with Gasteiger partial charge in [0.2, 0.25) is 23.6 Å². The molecule has 4 amide bonds. The zero-order valence-corrected chi connectivity index (χ0v) is 36.6. The number of fused-ring (bicyclic) bond motifs is 1. The first-order valence-electron chi connectivity index (χ1n) is 23.0. The van der Waals surface area contributed by atoms with Crippen LogP contribution >= 0.6 is 0 Å². The van der Waals surface area contributed by atoms with Crippen molar-refractivity contribution in [2.75, 3.05) is 61.8 Å². The number of nitrogens with one attached hydrogen (secondary N) is 3. The lowest BCUT2D eigenvalue weighted by Crippen LogP contribution is -2.53. The Morgan fingerprint density at radius 1 is 1.02 bits per heavy atom. The van der Waals surface area contributed by atoms with Gasteiger partial charge in [0.1, 0.15) is 18.1 Å². The SMILES string of the molecule is CC1C(=O)N(C2CCC(=O)NC2=O)c2cccc(C3CCN(CCCN(C)C[C@H]4CC[C@H](n5cc(NC(=O)c6coc(-c7ccnc(NCC8CC8)c7)n6)c(C(F)F)n5)CC4)CC3)c21. The lowest BCUT2D eigenvalue weighted by atomic mass is 9.83. The van der Waals surface area contributed by atoms with Crippen molar-refractivity contribution in [2.24, 2.45) is 11.8 Å². The highest BCUT2D eigenvalue weighted by atomic mass is 19.3. The van der Waals surface area contributed by atoms with Crippen LogP contribution in [0.1, 0.15) is 129 Å². The number of carbonyl (C=O) groups excluding carboxylic acids is 4. The van der Waals surface area contributed by atoms with Gasteiger partial charge in [0.15, 0.2) is 11.4 Å². The molecule has 9 rings (SSSR count). The number of benzene rings is 1. The lowest BCUT2D eigenvalue weighted by molar-refractivity contribution is -0.135. The third kappa shape index (κ3) is 9.60. The van der Waals surface area contributed by atoms with Gasteiger partial charge < -0.3 is 24.9 Å². The minimum absolute atomic E-state index is 0.0237. The molecular formula is C47H58F2N10O5. The largest absolute Gasteiger partial charge is 0.444 e. The summed E-state index contributed by atoms with van der Waals surface area (Å²) in [4.78, 5) is 66.5. The molecule has 2 aliphatic carbocycles. The first-order valence-corrected chi connectivity index (χ1v) is 23.0. The van der Waals surface area contributed by atoms with Gasteiger partial charge in [-0.15, -0.1) is 0 Å². The summed E-state index contributed by atoms with van der Waals surface area (Å²) in [6, 6.07) is 8.93. The van der Waals surface area contributed by atoms with Crippen LogP contribution in [0, 0.1) is 11.8 Å². The van der Waals surface area contributed by atoms with Crippen LogP contribution in [-0.4, -0.2) is 106 Å². The Balaban J connectivity index is 0.712. The zero-order chi connectivity index (χ0) is 44.5. The molecule has 2 atom stereocenters. The summed E-state index contributed by atoms with van der Waals surface area (Å²) in [5.41, 5.74) is 3.19. The Kier molecular flexibility index (Phi) is 12.9. The highest BCUT2D eigenvalue weighted by Gasteiger charge is 2.44. The van der Waals surface area contributed by atoms with Crippen LogP contribution in [0.25, 0.3) is 11.5 Å². The van der Waals surface area contributed by atoms with E-state index in [1.54, 1.807) is 27.9 Å². The van der Waals surface area contributed by atoms with Crippen LogP contribution in [0.5, 0.6) is 0 Å². The number of halogens is 2. The number of imide groups is 1. The fourth-order valence-electron chi connectivity index (χ4n) is 10.2. The molecule has 4 fully saturated rings. The molecule has 3 N–H and O–H groups in total. The van der Waals surface area contributed by atoms with Crippen molar-refractivity contribution in [3.63, 3.8) is 0 Å². The van der Waals surface area contributed by atoms with Gasteiger partial charge in [0.25, 0.3) is 12.3 Å². The Morgan fingerprint density at radius 3 is 2.55 bits per heavy atom. The summed E-state index contributed by atoms with van der Waals surface area (Å²) < 4.78 is 35.6. The Bertz CT molecular complexity index is 2350. The van der Waals surface area contributed by atoms with E-state index in [1.165, 1.54) is 30.9 Å². The standard InChI is InChI=1S/C47H58F2N10O5/c1-28-41-34(5-3-6-37(41)59(47(28)63)38-13-14-40(60)54-45(38)62)31-16-21-57(22-17-31)20-4-19-56(2)25-30-9-11-33(12-10-30)58-26-35(42(55-58)43(48)49)52-44(61)36-27-64-46(53-36)32-15-18-50-39(23-32)51-24-29-7-8-29/h3,5-6,15,18,23,26-31,33,38,43H,4,7-14,16-17,19-22,24-25H2,1-2H3,(H,50,51)(H,52,61)(H,54,60,62)/t28?,30-,33-,38?. The Morgan fingerprint density at radius 2 is 1.80 bits per heavy atom. The number of rotatable bonds is 16. The van der Waals surface area contributed by atoms with Crippen LogP contribution in [0.4, 0.5) is 26.0 Å². The fourth-order valence-corrected chi connectivity index (χ4v) is 10.2. The van der Waals surface area contributed by atoms with Crippen LogP contribution in [0.15, 0.2) is 53.4 Å². The van der Waals surface area contributed by atoms with E-state index in [-0.39, 0.29) is 47.5 Å². The molecule has 340 valence electrons. The number of carbonyl (C=O) groups is 4. The molecule has 5 aliphatic rings. The molecule has 4 aromatic rings.